The summed E-state index contributed by atoms with van der Waals surface area (Å²) < 4.78 is 5.01. The Hall–Kier alpha value is -1.76. The summed E-state index contributed by atoms with van der Waals surface area (Å²) in [6.45, 7) is 7.75. The van der Waals surface area contributed by atoms with Crippen LogP contribution in [0, 0.1) is 6.92 Å². The van der Waals surface area contributed by atoms with E-state index in [1.54, 1.807) is 0 Å². The van der Waals surface area contributed by atoms with Crippen molar-refractivity contribution in [3.63, 3.8) is 0 Å². The molecule has 118 valence electrons. The van der Waals surface area contributed by atoms with Crippen LogP contribution in [0.4, 0.5) is 0 Å². The van der Waals surface area contributed by atoms with Crippen molar-refractivity contribution in [2.45, 2.75) is 26.6 Å². The lowest BCUT2D eigenvalue weighted by molar-refractivity contribution is 0.119. The van der Waals surface area contributed by atoms with Crippen LogP contribution >= 0.6 is 0 Å². The van der Waals surface area contributed by atoms with Crippen molar-refractivity contribution in [2.75, 3.05) is 26.2 Å². The van der Waals surface area contributed by atoms with E-state index in [4.69, 9.17) is 9.63 Å². The molecule has 1 aliphatic heterocycles. The predicted octanol–water partition coefficient (Wildman–Crippen LogP) is 1.19. The van der Waals surface area contributed by atoms with Crippen molar-refractivity contribution in [3.8, 4) is 0 Å². The lowest BCUT2D eigenvalue weighted by Gasteiger charge is -2.34. The summed E-state index contributed by atoms with van der Waals surface area (Å²) in [5, 5.41) is 13.0. The van der Waals surface area contributed by atoms with Gasteiger partial charge in [-0.2, -0.15) is 4.98 Å². The quantitative estimate of drug-likeness (QED) is 0.895. The van der Waals surface area contributed by atoms with Gasteiger partial charge in [0.25, 0.3) is 0 Å². The zero-order valence-corrected chi connectivity index (χ0v) is 12.9. The highest BCUT2D eigenvalue weighted by Gasteiger charge is 2.18. The van der Waals surface area contributed by atoms with Crippen molar-refractivity contribution in [1.29, 1.82) is 0 Å². The molecular weight excluding hydrogens is 280 g/mol. The molecular formula is C16H22N4O2. The maximum absolute atomic E-state index is 9.07. The first-order chi connectivity index (χ1) is 10.7. The van der Waals surface area contributed by atoms with E-state index in [0.717, 1.165) is 50.7 Å². The fourth-order valence-electron chi connectivity index (χ4n) is 2.72. The van der Waals surface area contributed by atoms with Gasteiger partial charge in [-0.1, -0.05) is 29.4 Å². The molecule has 0 radical (unpaired) electrons. The van der Waals surface area contributed by atoms with Crippen molar-refractivity contribution < 1.29 is 9.63 Å². The highest BCUT2D eigenvalue weighted by atomic mass is 16.5. The summed E-state index contributed by atoms with van der Waals surface area (Å²) in [4.78, 5) is 9.06. The molecule has 0 amide bonds. The summed E-state index contributed by atoms with van der Waals surface area (Å²) in [7, 11) is 0. The number of hydrogen-bond donors (Lipinski definition) is 1. The Morgan fingerprint density at radius 1 is 1.00 bits per heavy atom. The third-order valence-electron chi connectivity index (χ3n) is 4.01. The Balaban J connectivity index is 1.46. The van der Waals surface area contributed by atoms with Crippen LogP contribution in [0.3, 0.4) is 0 Å². The molecule has 0 atom stereocenters. The number of piperazine rings is 1. The molecule has 22 heavy (non-hydrogen) atoms. The average Bonchev–Trinajstić information content (AvgIpc) is 2.95. The maximum Gasteiger partial charge on any atom is 0.223 e. The predicted molar refractivity (Wildman–Crippen MR) is 82.0 cm³/mol. The second-order valence-corrected chi connectivity index (χ2v) is 5.76. The first-order valence-corrected chi connectivity index (χ1v) is 7.65. The number of hydrogen-bond acceptors (Lipinski definition) is 6. The number of benzene rings is 1. The minimum absolute atomic E-state index is 0.106. The minimum atomic E-state index is 0.106. The lowest BCUT2D eigenvalue weighted by Crippen LogP contribution is -2.45. The molecule has 2 aromatic rings. The van der Waals surface area contributed by atoms with Crippen LogP contribution in [0.1, 0.15) is 22.8 Å². The van der Waals surface area contributed by atoms with E-state index in [9.17, 15) is 0 Å². The Kier molecular flexibility index (Phi) is 4.82. The Bertz CT molecular complexity index is 588. The van der Waals surface area contributed by atoms with Gasteiger partial charge in [0.15, 0.2) is 5.82 Å². The molecule has 2 heterocycles. The third-order valence-corrected chi connectivity index (χ3v) is 4.01. The van der Waals surface area contributed by atoms with Gasteiger partial charge >= 0.3 is 0 Å². The third kappa shape index (κ3) is 3.91. The van der Waals surface area contributed by atoms with E-state index in [1.807, 2.05) is 19.1 Å². The number of aliphatic hydroxyl groups is 1. The van der Waals surface area contributed by atoms with Crippen LogP contribution in [0.25, 0.3) is 0 Å². The highest BCUT2D eigenvalue weighted by molar-refractivity contribution is 5.21. The summed E-state index contributed by atoms with van der Waals surface area (Å²) in [6.07, 6.45) is 0. The zero-order chi connectivity index (χ0) is 15.4. The Morgan fingerprint density at radius 2 is 1.59 bits per heavy atom. The monoisotopic (exact) mass is 302 g/mol. The molecule has 0 spiro atoms. The van der Waals surface area contributed by atoms with Crippen molar-refractivity contribution in [1.82, 2.24) is 19.9 Å². The standard InChI is InChI=1S/C16H22N4O2/c1-13-17-16(18-22-13)11-20-8-6-19(7-9-20)10-14-2-4-15(12-21)5-3-14/h2-5,21H,6-12H2,1H3. The first kappa shape index (κ1) is 15.1. The van der Waals surface area contributed by atoms with Gasteiger partial charge in [-0.25, -0.2) is 0 Å². The SMILES string of the molecule is Cc1nc(CN2CCN(Cc3ccc(CO)cc3)CC2)no1. The van der Waals surface area contributed by atoms with Crippen molar-refractivity contribution >= 4 is 0 Å². The first-order valence-electron chi connectivity index (χ1n) is 7.65. The molecule has 1 aliphatic rings. The second kappa shape index (κ2) is 7.00. The molecule has 0 unspecified atom stereocenters. The van der Waals surface area contributed by atoms with Gasteiger partial charge in [0.1, 0.15) is 0 Å². The van der Waals surface area contributed by atoms with Crippen LogP contribution in [0.15, 0.2) is 28.8 Å². The summed E-state index contributed by atoms with van der Waals surface area (Å²) in [6, 6.07) is 8.17. The van der Waals surface area contributed by atoms with E-state index >= 15 is 0 Å². The molecule has 1 aromatic carbocycles. The molecule has 0 saturated carbocycles. The molecule has 3 rings (SSSR count). The van der Waals surface area contributed by atoms with E-state index < -0.39 is 0 Å². The average molecular weight is 302 g/mol. The number of aromatic nitrogens is 2. The van der Waals surface area contributed by atoms with Gasteiger partial charge in [0.2, 0.25) is 5.89 Å². The van der Waals surface area contributed by atoms with Gasteiger partial charge in [-0.3, -0.25) is 9.80 Å². The largest absolute Gasteiger partial charge is 0.392 e. The molecule has 1 N–H and O–H groups in total. The molecule has 1 fully saturated rings. The van der Waals surface area contributed by atoms with E-state index in [-0.39, 0.29) is 6.61 Å². The fourth-order valence-corrected chi connectivity index (χ4v) is 2.72. The van der Waals surface area contributed by atoms with Crippen LogP contribution in [0.5, 0.6) is 0 Å². The number of aliphatic hydroxyl groups excluding tert-OH is 1. The number of aryl methyl sites for hydroxylation is 1. The van der Waals surface area contributed by atoms with Crippen LogP contribution in [-0.2, 0) is 19.7 Å². The van der Waals surface area contributed by atoms with E-state index in [2.05, 4.69) is 32.1 Å². The van der Waals surface area contributed by atoms with Crippen LogP contribution in [-0.4, -0.2) is 51.2 Å². The second-order valence-electron chi connectivity index (χ2n) is 5.76. The van der Waals surface area contributed by atoms with Crippen molar-refractivity contribution in [3.05, 3.63) is 47.1 Å². The maximum atomic E-state index is 9.07. The Morgan fingerprint density at radius 3 is 2.14 bits per heavy atom. The zero-order valence-electron chi connectivity index (χ0n) is 12.9. The summed E-state index contributed by atoms with van der Waals surface area (Å²) >= 11 is 0. The van der Waals surface area contributed by atoms with Crippen LogP contribution < -0.4 is 0 Å². The Labute approximate surface area is 130 Å². The van der Waals surface area contributed by atoms with E-state index in [0.29, 0.717) is 5.89 Å². The van der Waals surface area contributed by atoms with Gasteiger partial charge in [0, 0.05) is 39.6 Å². The minimum Gasteiger partial charge on any atom is -0.392 e. The van der Waals surface area contributed by atoms with Gasteiger partial charge < -0.3 is 9.63 Å². The molecule has 1 aromatic heterocycles. The topological polar surface area (TPSA) is 65.6 Å². The van der Waals surface area contributed by atoms with Crippen LogP contribution in [0.2, 0.25) is 0 Å². The van der Waals surface area contributed by atoms with Gasteiger partial charge in [-0.05, 0) is 11.1 Å². The van der Waals surface area contributed by atoms with Crippen molar-refractivity contribution in [2.24, 2.45) is 0 Å². The highest BCUT2D eigenvalue weighted by Crippen LogP contribution is 2.11. The molecule has 0 bridgehead atoms. The lowest BCUT2D eigenvalue weighted by atomic mass is 10.1. The summed E-state index contributed by atoms with van der Waals surface area (Å²) in [5.74, 6) is 1.39. The molecule has 6 heteroatoms. The summed E-state index contributed by atoms with van der Waals surface area (Å²) in [5.41, 5.74) is 2.25. The normalized spacial score (nSPS) is 17.0. The smallest absolute Gasteiger partial charge is 0.223 e. The van der Waals surface area contributed by atoms with E-state index in [1.165, 1.54) is 5.56 Å². The number of nitrogens with zero attached hydrogens (tertiary/aromatic N) is 4. The van der Waals surface area contributed by atoms with Gasteiger partial charge in [0.05, 0.1) is 13.2 Å². The molecule has 0 aliphatic carbocycles. The van der Waals surface area contributed by atoms with Gasteiger partial charge in [-0.15, -0.1) is 0 Å². The molecule has 6 nitrogen and oxygen atoms in total. The fraction of sp³-hybridized carbons (Fsp3) is 0.500. The molecule has 1 saturated heterocycles. The number of rotatable bonds is 5.